The molecule has 2 fully saturated rings. The average Bonchev–Trinajstić information content (AvgIpc) is 2.79. The lowest BCUT2D eigenvalue weighted by Gasteiger charge is -2.22. The molecule has 0 amide bonds. The van der Waals surface area contributed by atoms with Gasteiger partial charge in [0.25, 0.3) is 0 Å². The molecule has 3 atom stereocenters. The molecule has 0 unspecified atom stereocenters. The van der Waals surface area contributed by atoms with Crippen LogP contribution in [0.3, 0.4) is 0 Å². The van der Waals surface area contributed by atoms with E-state index < -0.39 is 0 Å². The van der Waals surface area contributed by atoms with Gasteiger partial charge in [-0.25, -0.2) is 0 Å². The Balaban J connectivity index is 1.54. The van der Waals surface area contributed by atoms with Gasteiger partial charge in [0.05, 0.1) is 0 Å². The average molecular weight is 197 g/mol. The van der Waals surface area contributed by atoms with E-state index in [1.54, 1.807) is 7.11 Å². The van der Waals surface area contributed by atoms with Crippen LogP contribution < -0.4 is 5.32 Å². The van der Waals surface area contributed by atoms with Crippen molar-refractivity contribution in [2.75, 3.05) is 20.3 Å². The van der Waals surface area contributed by atoms with Crippen LogP contribution in [0.25, 0.3) is 0 Å². The van der Waals surface area contributed by atoms with E-state index in [9.17, 15) is 0 Å². The molecule has 82 valence electrons. The summed E-state index contributed by atoms with van der Waals surface area (Å²) in [5.74, 6) is 2.08. The van der Waals surface area contributed by atoms with Gasteiger partial charge in [-0.05, 0) is 50.5 Å². The topological polar surface area (TPSA) is 21.3 Å². The zero-order chi connectivity index (χ0) is 9.80. The van der Waals surface area contributed by atoms with Crippen molar-refractivity contribution in [2.45, 2.75) is 44.6 Å². The zero-order valence-electron chi connectivity index (χ0n) is 9.30. The Bertz CT molecular complexity index is 172. The van der Waals surface area contributed by atoms with Crippen molar-refractivity contribution in [3.8, 4) is 0 Å². The fourth-order valence-electron chi connectivity index (χ4n) is 3.15. The molecule has 2 aliphatic rings. The number of rotatable bonds is 6. The number of ether oxygens (including phenoxy) is 1. The second-order valence-electron chi connectivity index (χ2n) is 4.94. The number of hydrogen-bond donors (Lipinski definition) is 1. The van der Waals surface area contributed by atoms with Gasteiger partial charge in [-0.2, -0.15) is 0 Å². The highest BCUT2D eigenvalue weighted by Gasteiger charge is 2.38. The molecule has 0 aromatic heterocycles. The van der Waals surface area contributed by atoms with E-state index in [0.717, 1.165) is 24.5 Å². The quantitative estimate of drug-likeness (QED) is 0.659. The number of unbranched alkanes of at least 4 members (excludes halogenated alkanes) is 1. The lowest BCUT2D eigenvalue weighted by Crippen LogP contribution is -2.34. The molecule has 2 saturated carbocycles. The van der Waals surface area contributed by atoms with E-state index in [-0.39, 0.29) is 0 Å². The predicted octanol–water partition coefficient (Wildman–Crippen LogP) is 2.19. The number of hydrogen-bond acceptors (Lipinski definition) is 2. The van der Waals surface area contributed by atoms with Gasteiger partial charge in [-0.3, -0.25) is 0 Å². The first-order valence-corrected chi connectivity index (χ1v) is 6.12. The van der Waals surface area contributed by atoms with Gasteiger partial charge in [0.15, 0.2) is 0 Å². The van der Waals surface area contributed by atoms with E-state index in [1.807, 2.05) is 0 Å². The minimum atomic E-state index is 0.858. The van der Waals surface area contributed by atoms with Crippen LogP contribution in [-0.2, 0) is 4.74 Å². The second-order valence-corrected chi connectivity index (χ2v) is 4.94. The fourth-order valence-corrected chi connectivity index (χ4v) is 3.15. The zero-order valence-corrected chi connectivity index (χ0v) is 9.30. The standard InChI is InChI=1S/C12H23NO/c1-14-7-3-2-6-13-12-9-10-4-5-11(12)8-10/h10-13H,2-9H2,1H3/t10-,11-,12-/m0/s1. The van der Waals surface area contributed by atoms with E-state index in [0.29, 0.717) is 0 Å². The van der Waals surface area contributed by atoms with Gasteiger partial charge in [-0.15, -0.1) is 0 Å². The molecule has 14 heavy (non-hydrogen) atoms. The summed E-state index contributed by atoms with van der Waals surface area (Å²) >= 11 is 0. The second kappa shape index (κ2) is 5.13. The van der Waals surface area contributed by atoms with E-state index in [4.69, 9.17) is 4.74 Å². The summed E-state index contributed by atoms with van der Waals surface area (Å²) < 4.78 is 5.04. The maximum atomic E-state index is 5.04. The lowest BCUT2D eigenvalue weighted by atomic mass is 9.95. The maximum Gasteiger partial charge on any atom is 0.0462 e. The first kappa shape index (κ1) is 10.4. The molecular formula is C12H23NO. The van der Waals surface area contributed by atoms with Gasteiger partial charge in [0, 0.05) is 19.8 Å². The minimum absolute atomic E-state index is 0.858. The van der Waals surface area contributed by atoms with Crippen LogP contribution >= 0.6 is 0 Å². The lowest BCUT2D eigenvalue weighted by molar-refractivity contribution is 0.191. The molecule has 0 heterocycles. The number of methoxy groups -OCH3 is 1. The molecule has 2 bridgehead atoms. The van der Waals surface area contributed by atoms with Crippen LogP contribution in [0.1, 0.15) is 38.5 Å². The Kier molecular flexibility index (Phi) is 3.82. The number of nitrogens with one attached hydrogen (secondary N) is 1. The summed E-state index contributed by atoms with van der Waals surface area (Å²) in [4.78, 5) is 0. The van der Waals surface area contributed by atoms with Gasteiger partial charge in [-0.1, -0.05) is 6.42 Å². The highest BCUT2D eigenvalue weighted by Crippen LogP contribution is 2.44. The summed E-state index contributed by atoms with van der Waals surface area (Å²) in [5, 5.41) is 3.72. The van der Waals surface area contributed by atoms with Crippen LogP contribution in [0, 0.1) is 11.8 Å². The van der Waals surface area contributed by atoms with Crippen molar-refractivity contribution in [1.82, 2.24) is 5.32 Å². The largest absolute Gasteiger partial charge is 0.385 e. The summed E-state index contributed by atoms with van der Waals surface area (Å²) in [5.41, 5.74) is 0. The Morgan fingerprint density at radius 2 is 2.14 bits per heavy atom. The third-order valence-electron chi connectivity index (χ3n) is 3.92. The Morgan fingerprint density at radius 1 is 1.21 bits per heavy atom. The molecule has 2 nitrogen and oxygen atoms in total. The van der Waals surface area contributed by atoms with Crippen LogP contribution in [0.2, 0.25) is 0 Å². The van der Waals surface area contributed by atoms with Crippen molar-refractivity contribution < 1.29 is 4.74 Å². The Morgan fingerprint density at radius 3 is 2.79 bits per heavy atom. The van der Waals surface area contributed by atoms with Gasteiger partial charge >= 0.3 is 0 Å². The number of fused-ring (bicyclic) bond motifs is 2. The van der Waals surface area contributed by atoms with Crippen molar-refractivity contribution in [3.63, 3.8) is 0 Å². The normalized spacial score (nSPS) is 35.4. The van der Waals surface area contributed by atoms with E-state index in [1.165, 1.54) is 45.1 Å². The maximum absolute atomic E-state index is 5.04. The molecule has 2 rings (SSSR count). The summed E-state index contributed by atoms with van der Waals surface area (Å²) in [6, 6.07) is 0.858. The summed E-state index contributed by atoms with van der Waals surface area (Å²) in [6.45, 7) is 2.11. The highest BCUT2D eigenvalue weighted by atomic mass is 16.5. The van der Waals surface area contributed by atoms with Crippen LogP contribution in [0.15, 0.2) is 0 Å². The molecular weight excluding hydrogens is 174 g/mol. The Labute approximate surface area is 87.4 Å². The molecule has 0 saturated heterocycles. The summed E-state index contributed by atoms with van der Waals surface area (Å²) in [6.07, 6.45) is 8.42. The van der Waals surface area contributed by atoms with E-state index >= 15 is 0 Å². The SMILES string of the molecule is COCCCCN[C@H]1C[C@H]2CC[C@H]1C2. The molecule has 0 aliphatic heterocycles. The third-order valence-corrected chi connectivity index (χ3v) is 3.92. The smallest absolute Gasteiger partial charge is 0.0462 e. The van der Waals surface area contributed by atoms with Crippen molar-refractivity contribution >= 4 is 0 Å². The molecule has 2 aliphatic carbocycles. The molecule has 0 radical (unpaired) electrons. The van der Waals surface area contributed by atoms with Gasteiger partial charge in [0.2, 0.25) is 0 Å². The van der Waals surface area contributed by atoms with Gasteiger partial charge < -0.3 is 10.1 Å². The van der Waals surface area contributed by atoms with Crippen molar-refractivity contribution in [2.24, 2.45) is 11.8 Å². The van der Waals surface area contributed by atoms with Crippen molar-refractivity contribution in [1.29, 1.82) is 0 Å². The predicted molar refractivity (Wildman–Crippen MR) is 58.3 cm³/mol. The first-order chi connectivity index (χ1) is 6.90. The molecule has 2 heteroatoms. The van der Waals surface area contributed by atoms with Crippen LogP contribution in [0.4, 0.5) is 0 Å². The molecule has 0 aromatic rings. The van der Waals surface area contributed by atoms with Crippen LogP contribution in [0.5, 0.6) is 0 Å². The molecule has 0 spiro atoms. The third kappa shape index (κ3) is 2.48. The fraction of sp³-hybridized carbons (Fsp3) is 1.00. The van der Waals surface area contributed by atoms with E-state index in [2.05, 4.69) is 5.32 Å². The van der Waals surface area contributed by atoms with Crippen LogP contribution in [-0.4, -0.2) is 26.3 Å². The molecule has 1 N–H and O–H groups in total. The monoisotopic (exact) mass is 197 g/mol. The Hall–Kier alpha value is -0.0800. The van der Waals surface area contributed by atoms with Gasteiger partial charge in [0.1, 0.15) is 0 Å². The molecule has 0 aromatic carbocycles. The minimum Gasteiger partial charge on any atom is -0.385 e. The highest BCUT2D eigenvalue weighted by molar-refractivity contribution is 4.93. The van der Waals surface area contributed by atoms with Crippen molar-refractivity contribution in [3.05, 3.63) is 0 Å². The summed E-state index contributed by atoms with van der Waals surface area (Å²) in [7, 11) is 1.78. The first-order valence-electron chi connectivity index (χ1n) is 6.12.